The Balaban J connectivity index is 1.54. The average Bonchev–Trinajstić information content (AvgIpc) is 3.26. The topological polar surface area (TPSA) is 62.6 Å². The lowest BCUT2D eigenvalue weighted by molar-refractivity contribution is 0.0404. The number of ether oxygens (including phenoxy) is 1. The standard InChI is InChI=1S/C19H28N4O2/c1-14-4-6-16(7-5-14)22(13-17-3-2-10-25-17)12-15-11-19(24)23-18(21-15)8-9-20-23/h8-9,11,14,16-17,20H,2-7,10,12-13H2,1H3/t14?,16?,17-/m0/s1. The minimum Gasteiger partial charge on any atom is -0.377 e. The number of hydrogen-bond donors (Lipinski definition) is 1. The Morgan fingerprint density at radius 1 is 1.32 bits per heavy atom. The first-order chi connectivity index (χ1) is 12.2. The van der Waals surface area contributed by atoms with Crippen LogP contribution in [0, 0.1) is 5.92 Å². The normalized spacial score (nSPS) is 27.4. The summed E-state index contributed by atoms with van der Waals surface area (Å²) in [7, 11) is 0. The lowest BCUT2D eigenvalue weighted by Crippen LogP contribution is -2.42. The molecule has 136 valence electrons. The third-order valence-corrected chi connectivity index (χ3v) is 5.76. The molecule has 6 heteroatoms. The van der Waals surface area contributed by atoms with E-state index in [1.54, 1.807) is 12.3 Å². The molecule has 1 saturated carbocycles. The monoisotopic (exact) mass is 344 g/mol. The zero-order chi connectivity index (χ0) is 17.2. The second-order valence-electron chi connectivity index (χ2n) is 7.72. The van der Waals surface area contributed by atoms with Crippen molar-refractivity contribution in [3.63, 3.8) is 0 Å². The van der Waals surface area contributed by atoms with Gasteiger partial charge in [0.05, 0.1) is 11.8 Å². The molecule has 2 fully saturated rings. The molecule has 1 saturated heterocycles. The fourth-order valence-corrected chi connectivity index (χ4v) is 4.27. The van der Waals surface area contributed by atoms with Crippen molar-refractivity contribution < 1.29 is 4.74 Å². The van der Waals surface area contributed by atoms with E-state index in [9.17, 15) is 4.79 Å². The summed E-state index contributed by atoms with van der Waals surface area (Å²) in [4.78, 5) is 19.4. The van der Waals surface area contributed by atoms with E-state index in [0.29, 0.717) is 17.8 Å². The molecule has 0 unspecified atom stereocenters. The molecule has 0 amide bonds. The molecule has 0 spiro atoms. The predicted octanol–water partition coefficient (Wildman–Crippen LogP) is 2.58. The number of rotatable bonds is 5. The van der Waals surface area contributed by atoms with Crippen LogP contribution >= 0.6 is 0 Å². The molecule has 25 heavy (non-hydrogen) atoms. The number of nitrogens with zero attached hydrogens (tertiary/aromatic N) is 3. The smallest absolute Gasteiger partial charge is 0.272 e. The van der Waals surface area contributed by atoms with E-state index in [-0.39, 0.29) is 5.56 Å². The molecule has 0 aromatic carbocycles. The van der Waals surface area contributed by atoms with E-state index in [4.69, 9.17) is 4.74 Å². The lowest BCUT2D eigenvalue weighted by Gasteiger charge is -2.37. The van der Waals surface area contributed by atoms with E-state index in [0.717, 1.165) is 44.1 Å². The van der Waals surface area contributed by atoms with Crippen molar-refractivity contribution in [1.82, 2.24) is 19.5 Å². The van der Waals surface area contributed by atoms with Crippen molar-refractivity contribution in [3.05, 3.63) is 34.4 Å². The maximum absolute atomic E-state index is 12.3. The van der Waals surface area contributed by atoms with Gasteiger partial charge < -0.3 is 4.74 Å². The van der Waals surface area contributed by atoms with Crippen LogP contribution < -0.4 is 5.56 Å². The molecule has 2 aromatic heterocycles. The van der Waals surface area contributed by atoms with Crippen LogP contribution in [-0.4, -0.2) is 44.8 Å². The van der Waals surface area contributed by atoms with Gasteiger partial charge in [-0.15, -0.1) is 0 Å². The van der Waals surface area contributed by atoms with E-state index in [2.05, 4.69) is 21.9 Å². The van der Waals surface area contributed by atoms with Crippen molar-refractivity contribution in [3.8, 4) is 0 Å². The van der Waals surface area contributed by atoms with Gasteiger partial charge in [-0.2, -0.15) is 0 Å². The van der Waals surface area contributed by atoms with Crippen LogP contribution in [0.15, 0.2) is 23.1 Å². The highest BCUT2D eigenvalue weighted by Crippen LogP contribution is 2.29. The van der Waals surface area contributed by atoms with Gasteiger partial charge in [-0.3, -0.25) is 14.8 Å². The Morgan fingerprint density at radius 2 is 2.16 bits per heavy atom. The third-order valence-electron chi connectivity index (χ3n) is 5.76. The van der Waals surface area contributed by atoms with Gasteiger partial charge >= 0.3 is 0 Å². The maximum atomic E-state index is 12.3. The van der Waals surface area contributed by atoms with E-state index in [1.807, 2.05) is 6.07 Å². The molecule has 2 aromatic rings. The van der Waals surface area contributed by atoms with Crippen molar-refractivity contribution in [2.45, 2.75) is 64.1 Å². The highest BCUT2D eigenvalue weighted by atomic mass is 16.5. The number of H-pyrrole nitrogens is 1. The molecule has 3 heterocycles. The lowest BCUT2D eigenvalue weighted by atomic mass is 9.86. The van der Waals surface area contributed by atoms with E-state index in [1.165, 1.54) is 30.2 Å². The molecular weight excluding hydrogens is 316 g/mol. The van der Waals surface area contributed by atoms with Gasteiger partial charge in [0.2, 0.25) is 0 Å². The van der Waals surface area contributed by atoms with Crippen molar-refractivity contribution in [2.75, 3.05) is 13.2 Å². The Hall–Kier alpha value is -1.66. The van der Waals surface area contributed by atoms with Gasteiger partial charge in [-0.1, -0.05) is 6.92 Å². The zero-order valence-corrected chi connectivity index (χ0v) is 15.0. The van der Waals surface area contributed by atoms with Crippen molar-refractivity contribution >= 4 is 5.65 Å². The number of hydrogen-bond acceptors (Lipinski definition) is 4. The molecule has 1 atom stereocenters. The summed E-state index contributed by atoms with van der Waals surface area (Å²) in [5, 5.41) is 2.90. The SMILES string of the molecule is CC1CCC(N(Cc2cc(=O)n3[nH]ccc3n2)C[C@@H]2CCCO2)CC1. The van der Waals surface area contributed by atoms with Gasteiger partial charge in [0.15, 0.2) is 5.65 Å². The van der Waals surface area contributed by atoms with Gasteiger partial charge in [0, 0.05) is 44.1 Å². The van der Waals surface area contributed by atoms with Crippen LogP contribution in [0.1, 0.15) is 51.1 Å². The summed E-state index contributed by atoms with van der Waals surface area (Å²) >= 11 is 0. The Morgan fingerprint density at radius 3 is 2.92 bits per heavy atom. The molecule has 1 aliphatic carbocycles. The molecule has 1 N–H and O–H groups in total. The molecular formula is C19H28N4O2. The van der Waals surface area contributed by atoms with Gasteiger partial charge in [-0.05, 0) is 44.4 Å². The van der Waals surface area contributed by atoms with Crippen LogP contribution in [0.4, 0.5) is 0 Å². The first kappa shape index (κ1) is 16.8. The number of fused-ring (bicyclic) bond motifs is 1. The molecule has 0 bridgehead atoms. The van der Waals surface area contributed by atoms with Crippen molar-refractivity contribution in [2.24, 2.45) is 5.92 Å². The van der Waals surface area contributed by atoms with Crippen LogP contribution in [0.25, 0.3) is 5.65 Å². The Labute approximate surface area is 148 Å². The van der Waals surface area contributed by atoms with Crippen molar-refractivity contribution in [1.29, 1.82) is 0 Å². The van der Waals surface area contributed by atoms with E-state index < -0.39 is 0 Å². The fourth-order valence-electron chi connectivity index (χ4n) is 4.27. The second-order valence-corrected chi connectivity index (χ2v) is 7.72. The van der Waals surface area contributed by atoms with Gasteiger partial charge in [-0.25, -0.2) is 9.50 Å². The quantitative estimate of drug-likeness (QED) is 0.905. The zero-order valence-electron chi connectivity index (χ0n) is 15.0. The first-order valence-corrected chi connectivity index (χ1v) is 9.61. The van der Waals surface area contributed by atoms with Crippen LogP contribution in [0.3, 0.4) is 0 Å². The summed E-state index contributed by atoms with van der Waals surface area (Å²) in [6.07, 6.45) is 9.44. The van der Waals surface area contributed by atoms with Crippen LogP contribution in [0.5, 0.6) is 0 Å². The summed E-state index contributed by atoms with van der Waals surface area (Å²) in [5.74, 6) is 0.833. The minimum absolute atomic E-state index is 0.0423. The largest absolute Gasteiger partial charge is 0.377 e. The average molecular weight is 344 g/mol. The third kappa shape index (κ3) is 3.80. The molecule has 1 aliphatic heterocycles. The van der Waals surface area contributed by atoms with Crippen LogP contribution in [-0.2, 0) is 11.3 Å². The maximum Gasteiger partial charge on any atom is 0.272 e. The summed E-state index contributed by atoms with van der Waals surface area (Å²) in [6, 6.07) is 4.08. The van der Waals surface area contributed by atoms with Crippen LogP contribution in [0.2, 0.25) is 0 Å². The summed E-state index contributed by atoms with van der Waals surface area (Å²) in [6.45, 7) is 4.92. The number of aromatic amines is 1. The Kier molecular flexibility index (Phi) is 4.90. The highest BCUT2D eigenvalue weighted by Gasteiger charge is 2.28. The molecule has 4 rings (SSSR count). The predicted molar refractivity (Wildman–Crippen MR) is 96.6 cm³/mol. The summed E-state index contributed by atoms with van der Waals surface area (Å²) < 4.78 is 7.36. The molecule has 2 aliphatic rings. The Bertz CT molecular complexity index is 754. The fraction of sp³-hybridized carbons (Fsp3) is 0.684. The number of aromatic nitrogens is 3. The molecule has 6 nitrogen and oxygen atoms in total. The van der Waals surface area contributed by atoms with Gasteiger partial charge in [0.1, 0.15) is 0 Å². The highest BCUT2D eigenvalue weighted by molar-refractivity contribution is 5.36. The first-order valence-electron chi connectivity index (χ1n) is 9.61. The molecule has 0 radical (unpaired) electrons. The number of nitrogens with one attached hydrogen (secondary N) is 1. The summed E-state index contributed by atoms with van der Waals surface area (Å²) in [5.41, 5.74) is 1.51. The minimum atomic E-state index is -0.0423. The second kappa shape index (κ2) is 7.30. The van der Waals surface area contributed by atoms with Gasteiger partial charge in [0.25, 0.3) is 5.56 Å². The van der Waals surface area contributed by atoms with E-state index >= 15 is 0 Å².